The van der Waals surface area contributed by atoms with Gasteiger partial charge in [0.25, 0.3) is 0 Å². The van der Waals surface area contributed by atoms with Gasteiger partial charge in [-0.05, 0) is 31.6 Å². The maximum atomic E-state index is 15.1. The molecule has 2 aromatic heterocycles. The van der Waals surface area contributed by atoms with E-state index in [9.17, 15) is 0 Å². The van der Waals surface area contributed by atoms with Crippen molar-refractivity contribution < 1.29 is 18.3 Å². The average Bonchev–Trinajstić information content (AvgIpc) is 3.19. The van der Waals surface area contributed by atoms with Crippen molar-refractivity contribution in [3.05, 3.63) is 53.5 Å². The molecule has 6 nitrogen and oxygen atoms in total. The van der Waals surface area contributed by atoms with Crippen molar-refractivity contribution in [2.75, 3.05) is 25.7 Å². The fourth-order valence-corrected chi connectivity index (χ4v) is 3.81. The summed E-state index contributed by atoms with van der Waals surface area (Å²) in [5.41, 5.74) is 3.76. The second-order valence-electron chi connectivity index (χ2n) is 7.71. The molecule has 0 N–H and O–H groups in total. The molecule has 31 heavy (non-hydrogen) atoms. The van der Waals surface area contributed by atoms with Crippen LogP contribution in [0, 0.1) is 11.6 Å². The lowest BCUT2D eigenvalue weighted by molar-refractivity contribution is 0.357. The maximum absolute atomic E-state index is 15.1. The van der Waals surface area contributed by atoms with Gasteiger partial charge in [0.1, 0.15) is 0 Å². The van der Waals surface area contributed by atoms with E-state index in [0.29, 0.717) is 12.1 Å². The van der Waals surface area contributed by atoms with Crippen LogP contribution < -0.4 is 14.4 Å². The van der Waals surface area contributed by atoms with Crippen LogP contribution in [0.25, 0.3) is 22.9 Å². The zero-order valence-electron chi connectivity index (χ0n) is 18.1. The van der Waals surface area contributed by atoms with Crippen molar-refractivity contribution in [1.29, 1.82) is 0 Å². The Bertz CT molecular complexity index is 1140. The smallest absolute Gasteiger partial charge is 0.175 e. The number of fused-ring (bicyclic) bond motifs is 1. The van der Waals surface area contributed by atoms with Crippen molar-refractivity contribution in [1.82, 2.24) is 14.8 Å². The number of halogens is 2. The van der Waals surface area contributed by atoms with E-state index >= 15 is 8.78 Å². The van der Waals surface area contributed by atoms with Crippen molar-refractivity contribution in [2.24, 2.45) is 7.05 Å². The average molecular weight is 426 g/mol. The SMILES string of the molecule is COc1cc(OC)c(F)c(C2=Cc3cnc(-c4cnn(C)c4)cc3N(C(C)C)C2)c1F. The van der Waals surface area contributed by atoms with Crippen LogP contribution in [-0.4, -0.2) is 41.6 Å². The number of aryl methyl sites for hydroxylation is 1. The highest BCUT2D eigenvalue weighted by atomic mass is 19.1. The highest BCUT2D eigenvalue weighted by Crippen LogP contribution is 2.40. The Morgan fingerprint density at radius 2 is 1.71 bits per heavy atom. The summed E-state index contributed by atoms with van der Waals surface area (Å²) in [6.07, 6.45) is 7.14. The summed E-state index contributed by atoms with van der Waals surface area (Å²) in [6, 6.07) is 3.29. The van der Waals surface area contributed by atoms with E-state index in [4.69, 9.17) is 9.47 Å². The molecule has 0 bridgehead atoms. The van der Waals surface area contributed by atoms with Gasteiger partial charge in [0.05, 0.1) is 31.7 Å². The fraction of sp³-hybridized carbons (Fsp3) is 0.304. The molecule has 0 saturated carbocycles. The Kier molecular flexibility index (Phi) is 5.39. The Hall–Kier alpha value is -3.42. The van der Waals surface area contributed by atoms with Crippen LogP contribution in [0.4, 0.5) is 14.5 Å². The predicted molar refractivity (Wildman–Crippen MR) is 116 cm³/mol. The van der Waals surface area contributed by atoms with E-state index < -0.39 is 11.6 Å². The van der Waals surface area contributed by atoms with Crippen LogP contribution in [0.15, 0.2) is 30.7 Å². The standard InChI is InChI=1S/C23H24F2N4O2/c1-13(2)29-12-15(21-22(24)19(30-4)8-20(31-5)23(21)25)6-14-9-26-17(7-18(14)29)16-10-27-28(3)11-16/h6-11,13H,12H2,1-5H3. The molecular formula is C23H24F2N4O2. The number of pyridine rings is 1. The molecule has 0 unspecified atom stereocenters. The maximum Gasteiger partial charge on any atom is 0.175 e. The molecule has 0 spiro atoms. The van der Waals surface area contributed by atoms with Crippen LogP contribution >= 0.6 is 0 Å². The largest absolute Gasteiger partial charge is 0.494 e. The third-order valence-corrected chi connectivity index (χ3v) is 5.41. The topological polar surface area (TPSA) is 52.4 Å². The molecule has 0 aliphatic carbocycles. The third kappa shape index (κ3) is 3.62. The first kappa shape index (κ1) is 20.8. The summed E-state index contributed by atoms with van der Waals surface area (Å²) in [5.74, 6) is -1.64. The van der Waals surface area contributed by atoms with Gasteiger partial charge in [0, 0.05) is 54.9 Å². The van der Waals surface area contributed by atoms with E-state index in [-0.39, 0.29) is 23.1 Å². The van der Waals surface area contributed by atoms with Crippen LogP contribution in [-0.2, 0) is 7.05 Å². The lowest BCUT2D eigenvalue weighted by Gasteiger charge is -2.35. The summed E-state index contributed by atoms with van der Waals surface area (Å²) in [6.45, 7) is 4.40. The van der Waals surface area contributed by atoms with E-state index in [0.717, 1.165) is 22.5 Å². The van der Waals surface area contributed by atoms with Crippen molar-refractivity contribution >= 4 is 17.3 Å². The minimum absolute atomic E-state index is 0.0684. The van der Waals surface area contributed by atoms with E-state index in [2.05, 4.69) is 15.0 Å². The van der Waals surface area contributed by atoms with Gasteiger partial charge >= 0.3 is 0 Å². The minimum Gasteiger partial charge on any atom is -0.494 e. The second kappa shape index (κ2) is 8.02. The molecule has 3 aromatic rings. The lowest BCUT2D eigenvalue weighted by atomic mass is 9.95. The molecule has 0 atom stereocenters. The Labute approximate surface area is 179 Å². The van der Waals surface area contributed by atoms with Gasteiger partial charge in [-0.3, -0.25) is 9.67 Å². The first-order valence-electron chi connectivity index (χ1n) is 9.90. The third-order valence-electron chi connectivity index (χ3n) is 5.41. The van der Waals surface area contributed by atoms with Crippen molar-refractivity contribution in [3.8, 4) is 22.8 Å². The van der Waals surface area contributed by atoms with Crippen LogP contribution in [0.5, 0.6) is 11.5 Å². The molecular weight excluding hydrogens is 402 g/mol. The number of nitrogens with zero attached hydrogens (tertiary/aromatic N) is 4. The number of hydrogen-bond donors (Lipinski definition) is 0. The molecule has 0 radical (unpaired) electrons. The molecule has 1 aliphatic heterocycles. The number of benzene rings is 1. The molecule has 0 fully saturated rings. The Morgan fingerprint density at radius 1 is 1.03 bits per heavy atom. The molecule has 4 rings (SSSR count). The van der Waals surface area contributed by atoms with Gasteiger partial charge in [0.15, 0.2) is 23.1 Å². The van der Waals surface area contributed by atoms with Crippen LogP contribution in [0.1, 0.15) is 25.0 Å². The van der Waals surface area contributed by atoms with Gasteiger partial charge in [-0.1, -0.05) is 0 Å². The minimum atomic E-state index is -0.751. The molecule has 0 saturated heterocycles. The number of methoxy groups -OCH3 is 2. The lowest BCUT2D eigenvalue weighted by Crippen LogP contribution is -2.35. The highest BCUT2D eigenvalue weighted by molar-refractivity contribution is 5.92. The predicted octanol–water partition coefficient (Wildman–Crippen LogP) is 4.55. The van der Waals surface area contributed by atoms with Gasteiger partial charge in [-0.2, -0.15) is 5.10 Å². The number of anilines is 1. The van der Waals surface area contributed by atoms with E-state index in [1.165, 1.54) is 20.3 Å². The normalized spacial score (nSPS) is 13.3. The summed E-state index contributed by atoms with van der Waals surface area (Å²) in [5, 5.41) is 4.21. The van der Waals surface area contributed by atoms with Gasteiger partial charge in [0.2, 0.25) is 0 Å². The highest BCUT2D eigenvalue weighted by Gasteiger charge is 2.28. The Balaban J connectivity index is 1.88. The number of hydrogen-bond acceptors (Lipinski definition) is 5. The zero-order chi connectivity index (χ0) is 22.3. The summed E-state index contributed by atoms with van der Waals surface area (Å²) < 4.78 is 42.2. The summed E-state index contributed by atoms with van der Waals surface area (Å²) >= 11 is 0. The van der Waals surface area contributed by atoms with Gasteiger partial charge in [-0.25, -0.2) is 8.78 Å². The van der Waals surface area contributed by atoms with Gasteiger partial charge in [-0.15, -0.1) is 0 Å². The number of aromatic nitrogens is 3. The summed E-state index contributed by atoms with van der Waals surface area (Å²) in [7, 11) is 4.53. The molecule has 1 aliphatic rings. The number of ether oxygens (including phenoxy) is 2. The molecule has 3 heterocycles. The molecule has 162 valence electrons. The molecule has 8 heteroatoms. The zero-order valence-corrected chi connectivity index (χ0v) is 18.1. The number of rotatable bonds is 5. The molecule has 0 amide bonds. The molecule has 1 aromatic carbocycles. The van der Waals surface area contributed by atoms with E-state index in [1.807, 2.05) is 33.2 Å². The first-order valence-corrected chi connectivity index (χ1v) is 9.90. The Morgan fingerprint density at radius 3 is 2.26 bits per heavy atom. The second-order valence-corrected chi connectivity index (χ2v) is 7.71. The quantitative estimate of drug-likeness (QED) is 0.599. The van der Waals surface area contributed by atoms with Crippen molar-refractivity contribution in [3.63, 3.8) is 0 Å². The van der Waals surface area contributed by atoms with E-state index in [1.54, 1.807) is 23.2 Å². The van der Waals surface area contributed by atoms with Crippen LogP contribution in [0.3, 0.4) is 0 Å². The summed E-state index contributed by atoms with van der Waals surface area (Å²) in [4.78, 5) is 6.64. The van der Waals surface area contributed by atoms with Gasteiger partial charge < -0.3 is 14.4 Å². The van der Waals surface area contributed by atoms with Crippen LogP contribution in [0.2, 0.25) is 0 Å². The first-order chi connectivity index (χ1) is 14.8. The monoisotopic (exact) mass is 426 g/mol. The van der Waals surface area contributed by atoms with Crippen molar-refractivity contribution in [2.45, 2.75) is 19.9 Å². The fourth-order valence-electron chi connectivity index (χ4n) is 3.81.